The Morgan fingerprint density at radius 2 is 1.63 bits per heavy atom. The third kappa shape index (κ3) is 10.7. The number of pyridine rings is 1. The number of hydrogen-bond donors (Lipinski definition) is 2. The number of piperazine rings is 1. The first-order chi connectivity index (χ1) is 36.2. The molecule has 6 heterocycles. The SMILES string of the molecule is Cc1c(-c2ccc(N3CCc4cccc(C(=O)Nc5nc6ccccc6s5)c4C3)nc2C(=O)OC(C)(C)C)cccc1C1CCC(CCCN2CCN(c3ccc4c(C5CCC(=O)NC5=O)nn(C)c4c3)CC2)CC1. The first kappa shape index (κ1) is 50.2. The van der Waals surface area contributed by atoms with E-state index in [1.54, 1.807) is 0 Å². The highest BCUT2D eigenvalue weighted by Crippen LogP contribution is 2.42. The lowest BCUT2D eigenvalue weighted by atomic mass is 9.75. The van der Waals surface area contributed by atoms with Crippen molar-refractivity contribution in [3.8, 4) is 11.1 Å². The molecule has 4 aromatic carbocycles. The molecule has 3 amide bonds. The Bertz CT molecular complexity index is 3290. The average Bonchev–Trinajstić information content (AvgIpc) is 3.97. The molecule has 0 bridgehead atoms. The van der Waals surface area contributed by atoms with E-state index in [0.29, 0.717) is 54.1 Å². The number of para-hydroxylation sites is 1. The minimum atomic E-state index is -0.710. The van der Waals surface area contributed by atoms with Crippen molar-refractivity contribution < 1.29 is 23.9 Å². The standard InChI is InChI=1S/C60H67N9O5S/c1-37-42(40-20-18-38(19-21-40)11-10-29-67-31-33-68(34-32-67)41-22-23-46-50(35-41)66(5)65-54(46)47-25-27-53(70)63-57(47)72)13-9-14-43(37)44-24-26-52(62-55(44)58(73)74-60(2,3)4)69-30-28-39-12-8-15-45(48(39)36-69)56(71)64-59-61-49-16-6-7-17-51(49)75-59/h6-9,12-17,22-24,26,35,38,40,47H,10-11,18-21,25,27-34,36H2,1-5H3,(H,61,64,71)(H,63,70,72). The van der Waals surface area contributed by atoms with Crippen LogP contribution in [-0.2, 0) is 34.3 Å². The fraction of sp³-hybridized carbons (Fsp3) is 0.417. The number of amides is 3. The van der Waals surface area contributed by atoms with Crippen LogP contribution in [0.2, 0.25) is 0 Å². The van der Waals surface area contributed by atoms with Gasteiger partial charge in [0.25, 0.3) is 5.91 Å². The maximum Gasteiger partial charge on any atom is 0.358 e. The van der Waals surface area contributed by atoms with Gasteiger partial charge in [0.15, 0.2) is 10.8 Å². The molecule has 0 radical (unpaired) electrons. The van der Waals surface area contributed by atoms with Gasteiger partial charge in [0.1, 0.15) is 11.4 Å². The van der Waals surface area contributed by atoms with Gasteiger partial charge < -0.3 is 14.5 Å². The lowest BCUT2D eigenvalue weighted by Crippen LogP contribution is -2.46. The van der Waals surface area contributed by atoms with Crippen molar-refractivity contribution in [2.75, 3.05) is 54.4 Å². The van der Waals surface area contributed by atoms with Crippen molar-refractivity contribution in [3.63, 3.8) is 0 Å². The Labute approximate surface area is 442 Å². The van der Waals surface area contributed by atoms with Gasteiger partial charge in [-0.2, -0.15) is 5.10 Å². The molecule has 11 rings (SSSR count). The number of benzene rings is 4. The number of thiazole rings is 1. The maximum absolute atomic E-state index is 14.2. The van der Waals surface area contributed by atoms with Gasteiger partial charge in [0.05, 0.1) is 27.3 Å². The molecular weight excluding hydrogens is 959 g/mol. The average molecular weight is 1030 g/mol. The molecule has 15 heteroatoms. The second-order valence-corrected chi connectivity index (χ2v) is 23.1. The fourth-order valence-electron chi connectivity index (χ4n) is 12.1. The van der Waals surface area contributed by atoms with E-state index in [4.69, 9.17) is 14.8 Å². The summed E-state index contributed by atoms with van der Waals surface area (Å²) in [7, 11) is 1.93. The summed E-state index contributed by atoms with van der Waals surface area (Å²) in [5, 5.41) is 11.8. The number of carbonyl (C=O) groups excluding carboxylic acids is 4. The Hall–Kier alpha value is -6.97. The van der Waals surface area contributed by atoms with E-state index >= 15 is 0 Å². The number of ether oxygens (including phenoxy) is 1. The van der Waals surface area contributed by atoms with E-state index in [1.165, 1.54) is 53.8 Å². The zero-order valence-corrected chi connectivity index (χ0v) is 44.6. The van der Waals surface area contributed by atoms with Crippen molar-refractivity contribution in [3.05, 3.63) is 130 Å². The topological polar surface area (TPSA) is 155 Å². The van der Waals surface area contributed by atoms with E-state index in [0.717, 1.165) is 107 Å². The first-order valence-corrected chi connectivity index (χ1v) is 27.7. The van der Waals surface area contributed by atoms with E-state index in [1.807, 2.05) is 81.0 Å². The van der Waals surface area contributed by atoms with Crippen LogP contribution in [0, 0.1) is 12.8 Å². The van der Waals surface area contributed by atoms with Crippen LogP contribution in [0.5, 0.6) is 0 Å². The van der Waals surface area contributed by atoms with Crippen LogP contribution in [0.15, 0.2) is 91.0 Å². The number of carbonyl (C=O) groups is 4. The van der Waals surface area contributed by atoms with Gasteiger partial charge in [-0.25, -0.2) is 14.8 Å². The van der Waals surface area contributed by atoms with E-state index in [2.05, 4.69) is 79.7 Å². The monoisotopic (exact) mass is 1030 g/mol. The molecule has 3 fully saturated rings. The van der Waals surface area contributed by atoms with Crippen LogP contribution < -0.4 is 20.4 Å². The van der Waals surface area contributed by atoms with Gasteiger partial charge in [-0.15, -0.1) is 0 Å². The zero-order chi connectivity index (χ0) is 52.0. The Kier molecular flexibility index (Phi) is 14.0. The number of nitrogens with one attached hydrogen (secondary N) is 2. The molecule has 1 aliphatic carbocycles. The summed E-state index contributed by atoms with van der Waals surface area (Å²) in [6, 6.07) is 30.8. The molecule has 1 unspecified atom stereocenters. The van der Waals surface area contributed by atoms with Gasteiger partial charge in [0.2, 0.25) is 11.8 Å². The minimum Gasteiger partial charge on any atom is -0.455 e. The van der Waals surface area contributed by atoms with Crippen LogP contribution in [0.4, 0.5) is 16.6 Å². The smallest absolute Gasteiger partial charge is 0.358 e. The molecule has 0 spiro atoms. The van der Waals surface area contributed by atoms with Crippen molar-refractivity contribution >= 4 is 72.8 Å². The third-order valence-corrected chi connectivity index (χ3v) is 17.0. The summed E-state index contributed by atoms with van der Waals surface area (Å²) in [4.78, 5) is 69.4. The summed E-state index contributed by atoms with van der Waals surface area (Å²) in [5.74, 6) is 0.331. The van der Waals surface area contributed by atoms with E-state index < -0.39 is 17.5 Å². The number of rotatable bonds is 12. The summed E-state index contributed by atoms with van der Waals surface area (Å²) >= 11 is 1.46. The first-order valence-electron chi connectivity index (χ1n) is 26.9. The highest BCUT2D eigenvalue weighted by atomic mass is 32.1. The van der Waals surface area contributed by atoms with Crippen LogP contribution in [-0.4, -0.2) is 93.2 Å². The van der Waals surface area contributed by atoms with Crippen LogP contribution in [0.1, 0.15) is 133 Å². The van der Waals surface area contributed by atoms with Gasteiger partial charge >= 0.3 is 5.97 Å². The van der Waals surface area contributed by atoms with E-state index in [9.17, 15) is 19.2 Å². The number of fused-ring (bicyclic) bond motifs is 3. The number of aromatic nitrogens is 4. The summed E-state index contributed by atoms with van der Waals surface area (Å²) in [5.41, 5.74) is 10.4. The molecule has 1 atom stereocenters. The second-order valence-electron chi connectivity index (χ2n) is 22.0. The molecule has 3 aromatic heterocycles. The second kappa shape index (κ2) is 21.0. The Morgan fingerprint density at radius 1 is 0.827 bits per heavy atom. The van der Waals surface area contributed by atoms with Crippen molar-refractivity contribution in [1.29, 1.82) is 0 Å². The number of aryl methyl sites for hydroxylation is 1. The lowest BCUT2D eigenvalue weighted by molar-refractivity contribution is -0.134. The molecule has 75 heavy (non-hydrogen) atoms. The van der Waals surface area contributed by atoms with Crippen molar-refractivity contribution in [1.82, 2.24) is 30.0 Å². The lowest BCUT2D eigenvalue weighted by Gasteiger charge is -2.36. The predicted octanol–water partition coefficient (Wildman–Crippen LogP) is 10.7. The van der Waals surface area contributed by atoms with Gasteiger partial charge in [-0.1, -0.05) is 53.8 Å². The highest BCUT2D eigenvalue weighted by molar-refractivity contribution is 7.22. The van der Waals surface area contributed by atoms with Crippen LogP contribution >= 0.6 is 11.3 Å². The number of hydrogen-bond acceptors (Lipinski definition) is 12. The maximum atomic E-state index is 14.2. The number of piperidine rings is 1. The molecule has 388 valence electrons. The Balaban J connectivity index is 0.710. The van der Waals surface area contributed by atoms with Crippen LogP contribution in [0.25, 0.3) is 32.2 Å². The number of esters is 1. The number of imide groups is 1. The quantitative estimate of drug-likeness (QED) is 0.0888. The van der Waals surface area contributed by atoms with Crippen molar-refractivity contribution in [2.45, 2.75) is 109 Å². The molecule has 14 nitrogen and oxygen atoms in total. The molecule has 4 aliphatic rings. The molecule has 2 N–H and O–H groups in total. The summed E-state index contributed by atoms with van der Waals surface area (Å²) in [6.45, 7) is 14.1. The number of nitrogens with zero attached hydrogens (tertiary/aromatic N) is 7. The third-order valence-electron chi connectivity index (χ3n) is 16.0. The molecule has 2 saturated heterocycles. The van der Waals surface area contributed by atoms with Crippen LogP contribution in [0.3, 0.4) is 0 Å². The largest absolute Gasteiger partial charge is 0.455 e. The molecular formula is C60H67N9O5S. The van der Waals surface area contributed by atoms with Gasteiger partial charge in [-0.3, -0.25) is 34.6 Å². The van der Waals surface area contributed by atoms with E-state index in [-0.39, 0.29) is 17.7 Å². The summed E-state index contributed by atoms with van der Waals surface area (Å²) in [6.07, 6.45) is 8.74. The fourth-order valence-corrected chi connectivity index (χ4v) is 12.9. The molecule has 1 saturated carbocycles. The molecule has 3 aliphatic heterocycles. The molecule has 7 aromatic rings. The zero-order valence-electron chi connectivity index (χ0n) is 43.8. The van der Waals surface area contributed by atoms with Crippen molar-refractivity contribution in [2.24, 2.45) is 13.0 Å². The minimum absolute atomic E-state index is 0.194. The van der Waals surface area contributed by atoms with Gasteiger partial charge in [-0.05, 0) is 174 Å². The predicted molar refractivity (Wildman–Crippen MR) is 297 cm³/mol. The Morgan fingerprint density at radius 3 is 2.41 bits per heavy atom. The van der Waals surface area contributed by atoms with Gasteiger partial charge in [0, 0.05) is 74.9 Å². The highest BCUT2D eigenvalue weighted by Gasteiger charge is 2.33. The number of anilines is 3. The normalized spacial score (nSPS) is 19.6. The summed E-state index contributed by atoms with van der Waals surface area (Å²) < 4.78 is 8.92.